The smallest absolute Gasteiger partial charge is 0.160 e. The second-order valence-corrected chi connectivity index (χ2v) is 16.6. The zero-order valence-corrected chi connectivity index (χ0v) is 32.1. The summed E-state index contributed by atoms with van der Waals surface area (Å²) in [7, 11) is 0. The topological polar surface area (TPSA) is 25.8 Å². The summed E-state index contributed by atoms with van der Waals surface area (Å²) in [6.07, 6.45) is 0. The highest BCUT2D eigenvalue weighted by Gasteiger charge is 2.37. The molecule has 0 fully saturated rings. The molecule has 266 valence electrons. The Balaban J connectivity index is 1.07. The predicted molar refractivity (Wildman–Crippen MR) is 234 cm³/mol. The number of rotatable bonds is 4. The van der Waals surface area contributed by atoms with Gasteiger partial charge in [-0.3, -0.25) is 0 Å². The quantitative estimate of drug-likeness (QED) is 0.181. The van der Waals surface area contributed by atoms with Gasteiger partial charge in [0.05, 0.1) is 11.4 Å². The molecule has 1 aromatic heterocycles. The average molecular weight is 717 g/mol. The first-order valence-corrected chi connectivity index (χ1v) is 19.7. The van der Waals surface area contributed by atoms with E-state index >= 15 is 0 Å². The van der Waals surface area contributed by atoms with Crippen LogP contribution in [0.5, 0.6) is 0 Å². The van der Waals surface area contributed by atoms with Gasteiger partial charge in [-0.05, 0) is 108 Å². The van der Waals surface area contributed by atoms with E-state index in [1.807, 2.05) is 6.07 Å². The number of aromatic nitrogens is 2. The standard InChI is InChI=1S/C54H40N2/c1-53(2)46-21-13-12-20-41(46)42-24-22-37(31-48(42)53)50-32-51(56-52(55-50)33-14-6-5-7-15-33)43-26-25-38(39-18-10-11-19-40(39)43)36-23-27-47-44(29-36)45-28-34-16-8-9-17-35(34)30-49(45)54(47,3)4/h5-32H,1-4H3. The molecule has 2 aliphatic carbocycles. The van der Waals surface area contributed by atoms with Crippen molar-refractivity contribution in [3.8, 4) is 67.3 Å². The zero-order valence-electron chi connectivity index (χ0n) is 32.1. The number of benzene rings is 8. The first-order chi connectivity index (χ1) is 27.3. The lowest BCUT2D eigenvalue weighted by Crippen LogP contribution is -2.14. The van der Waals surface area contributed by atoms with Crippen molar-refractivity contribution in [1.29, 1.82) is 0 Å². The maximum Gasteiger partial charge on any atom is 0.160 e. The Hall–Kier alpha value is -6.64. The van der Waals surface area contributed by atoms with Gasteiger partial charge in [-0.1, -0.05) is 167 Å². The molecule has 0 saturated carbocycles. The number of hydrogen-bond donors (Lipinski definition) is 0. The maximum atomic E-state index is 5.29. The van der Waals surface area contributed by atoms with Crippen LogP contribution in [0.2, 0.25) is 0 Å². The van der Waals surface area contributed by atoms with Gasteiger partial charge in [0.1, 0.15) is 0 Å². The Labute approximate surface area is 328 Å². The van der Waals surface area contributed by atoms with Crippen molar-refractivity contribution in [2.45, 2.75) is 38.5 Å². The van der Waals surface area contributed by atoms with Gasteiger partial charge >= 0.3 is 0 Å². The maximum absolute atomic E-state index is 5.29. The molecule has 0 radical (unpaired) electrons. The van der Waals surface area contributed by atoms with Gasteiger partial charge in [-0.15, -0.1) is 0 Å². The van der Waals surface area contributed by atoms with Crippen molar-refractivity contribution in [2.75, 3.05) is 0 Å². The van der Waals surface area contributed by atoms with Gasteiger partial charge < -0.3 is 0 Å². The van der Waals surface area contributed by atoms with Gasteiger partial charge in [0.2, 0.25) is 0 Å². The van der Waals surface area contributed by atoms with Crippen LogP contribution < -0.4 is 0 Å². The highest BCUT2D eigenvalue weighted by Crippen LogP contribution is 2.52. The van der Waals surface area contributed by atoms with E-state index in [0.717, 1.165) is 33.9 Å². The molecule has 2 nitrogen and oxygen atoms in total. The molecule has 0 saturated heterocycles. The van der Waals surface area contributed by atoms with E-state index in [1.54, 1.807) is 0 Å². The lowest BCUT2D eigenvalue weighted by molar-refractivity contribution is 0.660. The van der Waals surface area contributed by atoms with E-state index in [0.29, 0.717) is 0 Å². The van der Waals surface area contributed by atoms with Gasteiger partial charge in [-0.2, -0.15) is 0 Å². The molecule has 9 aromatic rings. The SMILES string of the molecule is CC1(C)c2ccccc2-c2ccc(-c3cc(-c4ccc(-c5ccc6c(c5)-c5cc7ccccc7cc5C6(C)C)c5ccccc45)nc(-c4ccccc4)n3)cc21. The molecular formula is C54H40N2. The summed E-state index contributed by atoms with van der Waals surface area (Å²) in [5.74, 6) is 0.724. The van der Waals surface area contributed by atoms with Crippen LogP contribution in [0.25, 0.3) is 88.8 Å². The van der Waals surface area contributed by atoms with Gasteiger partial charge in [0, 0.05) is 27.5 Å². The van der Waals surface area contributed by atoms with Crippen LogP contribution in [0.1, 0.15) is 49.9 Å². The molecule has 0 amide bonds. The van der Waals surface area contributed by atoms with Gasteiger partial charge in [0.15, 0.2) is 5.82 Å². The van der Waals surface area contributed by atoms with E-state index in [2.05, 4.69) is 191 Å². The molecule has 0 unspecified atom stereocenters. The van der Waals surface area contributed by atoms with E-state index in [1.165, 1.54) is 77.2 Å². The first kappa shape index (κ1) is 32.8. The largest absolute Gasteiger partial charge is 0.228 e. The molecule has 0 bridgehead atoms. The third-order valence-electron chi connectivity index (χ3n) is 12.7. The monoisotopic (exact) mass is 716 g/mol. The van der Waals surface area contributed by atoms with E-state index in [-0.39, 0.29) is 10.8 Å². The molecular weight excluding hydrogens is 677 g/mol. The lowest BCUT2D eigenvalue weighted by atomic mass is 9.81. The minimum Gasteiger partial charge on any atom is -0.228 e. The van der Waals surface area contributed by atoms with Crippen molar-refractivity contribution in [1.82, 2.24) is 9.97 Å². The van der Waals surface area contributed by atoms with Crippen LogP contribution >= 0.6 is 0 Å². The molecule has 2 aliphatic rings. The third kappa shape index (κ3) is 4.82. The predicted octanol–water partition coefficient (Wildman–Crippen LogP) is 14.1. The Morgan fingerprint density at radius 3 is 1.68 bits per heavy atom. The van der Waals surface area contributed by atoms with Crippen LogP contribution in [0.3, 0.4) is 0 Å². The fourth-order valence-corrected chi connectivity index (χ4v) is 9.69. The zero-order chi connectivity index (χ0) is 37.8. The number of nitrogens with zero attached hydrogens (tertiary/aromatic N) is 2. The molecule has 0 aliphatic heterocycles. The summed E-state index contributed by atoms with van der Waals surface area (Å²) in [6.45, 7) is 9.38. The number of hydrogen-bond acceptors (Lipinski definition) is 2. The highest BCUT2D eigenvalue weighted by molar-refractivity contribution is 6.05. The van der Waals surface area contributed by atoms with E-state index in [9.17, 15) is 0 Å². The lowest BCUT2D eigenvalue weighted by Gasteiger charge is -2.22. The summed E-state index contributed by atoms with van der Waals surface area (Å²) >= 11 is 0. The third-order valence-corrected chi connectivity index (χ3v) is 12.7. The van der Waals surface area contributed by atoms with Crippen LogP contribution in [0.4, 0.5) is 0 Å². The Bertz CT molecular complexity index is 3080. The number of fused-ring (bicyclic) bond motifs is 8. The van der Waals surface area contributed by atoms with Crippen LogP contribution in [-0.2, 0) is 10.8 Å². The minimum absolute atomic E-state index is 0.0705. The van der Waals surface area contributed by atoms with Crippen molar-refractivity contribution in [3.05, 3.63) is 192 Å². The van der Waals surface area contributed by atoms with Crippen molar-refractivity contribution in [3.63, 3.8) is 0 Å². The normalized spacial score (nSPS) is 14.4. The Kier molecular flexibility index (Phi) is 6.98. The molecule has 2 heteroatoms. The van der Waals surface area contributed by atoms with Gasteiger partial charge in [-0.25, -0.2) is 9.97 Å². The molecule has 11 rings (SSSR count). The molecule has 0 N–H and O–H groups in total. The summed E-state index contributed by atoms with van der Waals surface area (Å²) < 4.78 is 0. The van der Waals surface area contributed by atoms with E-state index < -0.39 is 0 Å². The molecule has 0 atom stereocenters. The molecule has 0 spiro atoms. The van der Waals surface area contributed by atoms with Gasteiger partial charge in [0.25, 0.3) is 0 Å². The van der Waals surface area contributed by atoms with Crippen LogP contribution in [0.15, 0.2) is 170 Å². The summed E-state index contributed by atoms with van der Waals surface area (Å²) in [5.41, 5.74) is 18.1. The first-order valence-electron chi connectivity index (χ1n) is 19.7. The molecule has 56 heavy (non-hydrogen) atoms. The minimum atomic E-state index is -0.102. The average Bonchev–Trinajstić information content (AvgIpc) is 3.60. The van der Waals surface area contributed by atoms with E-state index in [4.69, 9.17) is 9.97 Å². The van der Waals surface area contributed by atoms with Crippen LogP contribution in [0, 0.1) is 0 Å². The van der Waals surface area contributed by atoms with Crippen molar-refractivity contribution < 1.29 is 0 Å². The van der Waals surface area contributed by atoms with Crippen LogP contribution in [-0.4, -0.2) is 9.97 Å². The summed E-state index contributed by atoms with van der Waals surface area (Å²) in [4.78, 5) is 10.5. The Morgan fingerprint density at radius 2 is 0.875 bits per heavy atom. The fraction of sp³-hybridized carbons (Fsp3) is 0.111. The highest BCUT2D eigenvalue weighted by atomic mass is 14.9. The molecule has 8 aromatic carbocycles. The second-order valence-electron chi connectivity index (χ2n) is 16.6. The van der Waals surface area contributed by atoms with Crippen molar-refractivity contribution >= 4 is 21.5 Å². The molecule has 1 heterocycles. The summed E-state index contributed by atoms with van der Waals surface area (Å²) in [6, 6.07) is 62.2. The second kappa shape index (κ2) is 11.9. The fourth-order valence-electron chi connectivity index (χ4n) is 9.69. The Morgan fingerprint density at radius 1 is 0.321 bits per heavy atom. The summed E-state index contributed by atoms with van der Waals surface area (Å²) in [5, 5.41) is 4.96. The van der Waals surface area contributed by atoms with Crippen molar-refractivity contribution in [2.24, 2.45) is 0 Å².